The molecule has 1 heteroatoms. The van der Waals surface area contributed by atoms with Crippen LogP contribution in [0.1, 0.15) is 32.8 Å². The molecule has 0 saturated carbocycles. The van der Waals surface area contributed by atoms with Gasteiger partial charge in [-0.05, 0) is 31.7 Å². The molecule has 1 aromatic carbocycles. The third-order valence-corrected chi connectivity index (χ3v) is 2.46. The summed E-state index contributed by atoms with van der Waals surface area (Å²) in [4.78, 5) is 0. The molecule has 0 saturated heterocycles. The second kappa shape index (κ2) is 5.32. The second-order valence-electron chi connectivity index (χ2n) is 4.39. The maximum atomic E-state index is 5.82. The first-order valence-corrected chi connectivity index (χ1v) is 5.63. The van der Waals surface area contributed by atoms with Crippen molar-refractivity contribution >= 4 is 0 Å². The standard InChI is InChI=1S/C14H21O/c1-5-15-14(4,11-12(2)3)13-9-7-6-8-10-13/h6-10,12H,4-5,11H2,1-3H3. The van der Waals surface area contributed by atoms with E-state index in [0.29, 0.717) is 12.5 Å². The average molecular weight is 205 g/mol. The van der Waals surface area contributed by atoms with Gasteiger partial charge in [0.05, 0.1) is 5.60 Å². The number of hydrogen-bond donors (Lipinski definition) is 0. The van der Waals surface area contributed by atoms with Crippen LogP contribution in [0.15, 0.2) is 30.3 Å². The van der Waals surface area contributed by atoms with E-state index in [1.54, 1.807) is 0 Å². The summed E-state index contributed by atoms with van der Waals surface area (Å²) < 4.78 is 5.82. The lowest BCUT2D eigenvalue weighted by Gasteiger charge is -2.31. The van der Waals surface area contributed by atoms with Crippen molar-refractivity contribution < 1.29 is 4.74 Å². The second-order valence-corrected chi connectivity index (χ2v) is 4.39. The zero-order valence-electron chi connectivity index (χ0n) is 9.99. The highest BCUT2D eigenvalue weighted by molar-refractivity contribution is 5.23. The van der Waals surface area contributed by atoms with Gasteiger partial charge in [0.15, 0.2) is 0 Å². The predicted octanol–water partition coefficient (Wildman–Crippen LogP) is 3.80. The topological polar surface area (TPSA) is 9.23 Å². The molecule has 1 aromatic rings. The molecule has 0 fully saturated rings. The molecule has 0 aliphatic carbocycles. The fourth-order valence-corrected chi connectivity index (χ4v) is 1.94. The van der Waals surface area contributed by atoms with Gasteiger partial charge in [0.1, 0.15) is 0 Å². The summed E-state index contributed by atoms with van der Waals surface area (Å²) in [5, 5.41) is 0. The summed E-state index contributed by atoms with van der Waals surface area (Å²) in [5.74, 6) is 0.578. The van der Waals surface area contributed by atoms with E-state index in [4.69, 9.17) is 4.74 Å². The van der Waals surface area contributed by atoms with E-state index in [9.17, 15) is 0 Å². The lowest BCUT2D eigenvalue weighted by Crippen LogP contribution is -2.28. The Morgan fingerprint density at radius 2 is 1.87 bits per heavy atom. The molecule has 15 heavy (non-hydrogen) atoms. The Hall–Kier alpha value is -0.820. The molecule has 0 aliphatic rings. The Labute approximate surface area is 93.5 Å². The van der Waals surface area contributed by atoms with Crippen LogP contribution in [0.3, 0.4) is 0 Å². The largest absolute Gasteiger partial charge is 0.371 e. The fraction of sp³-hybridized carbons (Fsp3) is 0.500. The van der Waals surface area contributed by atoms with Gasteiger partial charge >= 0.3 is 0 Å². The van der Waals surface area contributed by atoms with Crippen LogP contribution in [0.5, 0.6) is 0 Å². The van der Waals surface area contributed by atoms with E-state index < -0.39 is 0 Å². The first-order chi connectivity index (χ1) is 7.08. The third kappa shape index (κ3) is 3.35. The van der Waals surface area contributed by atoms with Gasteiger partial charge in [0.2, 0.25) is 0 Å². The summed E-state index contributed by atoms with van der Waals surface area (Å²) in [6.45, 7) is 11.4. The van der Waals surface area contributed by atoms with E-state index in [0.717, 1.165) is 6.42 Å². The van der Waals surface area contributed by atoms with Crippen molar-refractivity contribution in [2.24, 2.45) is 5.92 Å². The van der Waals surface area contributed by atoms with E-state index in [-0.39, 0.29) is 5.60 Å². The van der Waals surface area contributed by atoms with E-state index in [2.05, 4.69) is 32.9 Å². The zero-order valence-corrected chi connectivity index (χ0v) is 9.99. The molecule has 1 nitrogen and oxygen atoms in total. The average Bonchev–Trinajstić information content (AvgIpc) is 2.18. The Morgan fingerprint density at radius 3 is 2.33 bits per heavy atom. The van der Waals surface area contributed by atoms with E-state index >= 15 is 0 Å². The van der Waals surface area contributed by atoms with Crippen molar-refractivity contribution in [1.29, 1.82) is 0 Å². The molecule has 0 aliphatic heterocycles. The summed E-state index contributed by atoms with van der Waals surface area (Å²) in [5.41, 5.74) is 0.782. The van der Waals surface area contributed by atoms with Gasteiger partial charge in [-0.1, -0.05) is 44.2 Å². The summed E-state index contributed by atoms with van der Waals surface area (Å²) >= 11 is 0. The number of ether oxygens (including phenoxy) is 1. The van der Waals surface area contributed by atoms with Gasteiger partial charge in [-0.15, -0.1) is 0 Å². The maximum Gasteiger partial charge on any atom is 0.0934 e. The van der Waals surface area contributed by atoms with Crippen LogP contribution in [-0.2, 0) is 10.3 Å². The number of hydrogen-bond acceptors (Lipinski definition) is 1. The number of rotatable bonds is 5. The molecular formula is C14H21O. The molecule has 83 valence electrons. The predicted molar refractivity (Wildman–Crippen MR) is 64.6 cm³/mol. The molecule has 1 atom stereocenters. The molecule has 0 spiro atoms. The maximum absolute atomic E-state index is 5.82. The first kappa shape index (κ1) is 12.3. The molecule has 0 amide bonds. The van der Waals surface area contributed by atoms with Gasteiger partial charge in [-0.2, -0.15) is 0 Å². The van der Waals surface area contributed by atoms with Crippen molar-refractivity contribution in [3.63, 3.8) is 0 Å². The summed E-state index contributed by atoms with van der Waals surface area (Å²) in [6, 6.07) is 10.3. The van der Waals surface area contributed by atoms with Gasteiger partial charge in [-0.25, -0.2) is 0 Å². The van der Waals surface area contributed by atoms with Gasteiger partial charge < -0.3 is 4.74 Å². The summed E-state index contributed by atoms with van der Waals surface area (Å²) in [6.07, 6.45) is 0.949. The molecule has 0 bridgehead atoms. The molecule has 0 heterocycles. The van der Waals surface area contributed by atoms with Gasteiger partial charge in [0, 0.05) is 6.61 Å². The van der Waals surface area contributed by atoms with Crippen molar-refractivity contribution in [2.75, 3.05) is 6.61 Å². The Balaban J connectivity index is 2.90. The van der Waals surface area contributed by atoms with Crippen molar-refractivity contribution in [3.8, 4) is 0 Å². The quantitative estimate of drug-likeness (QED) is 0.710. The first-order valence-electron chi connectivity index (χ1n) is 5.63. The van der Waals surface area contributed by atoms with Crippen molar-refractivity contribution in [3.05, 3.63) is 42.8 Å². The smallest absolute Gasteiger partial charge is 0.0934 e. The molecular weight excluding hydrogens is 184 g/mol. The Kier molecular flexibility index (Phi) is 4.34. The highest BCUT2D eigenvalue weighted by Gasteiger charge is 2.27. The van der Waals surface area contributed by atoms with Crippen LogP contribution < -0.4 is 0 Å². The Bertz CT molecular complexity index is 279. The lowest BCUT2D eigenvalue weighted by molar-refractivity contribution is -0.0224. The van der Waals surface area contributed by atoms with Crippen LogP contribution in [-0.4, -0.2) is 6.61 Å². The molecule has 1 unspecified atom stereocenters. The minimum absolute atomic E-state index is 0.385. The molecule has 0 aromatic heterocycles. The van der Waals surface area contributed by atoms with Crippen molar-refractivity contribution in [1.82, 2.24) is 0 Å². The molecule has 1 rings (SSSR count). The van der Waals surface area contributed by atoms with Crippen LogP contribution in [0.4, 0.5) is 0 Å². The normalized spacial score (nSPS) is 15.3. The molecule has 1 radical (unpaired) electrons. The summed E-state index contributed by atoms with van der Waals surface area (Å²) in [7, 11) is 0. The fourth-order valence-electron chi connectivity index (χ4n) is 1.94. The SMILES string of the molecule is [CH2]C(CC(C)C)(OCC)c1ccccc1. The van der Waals surface area contributed by atoms with Gasteiger partial charge in [-0.3, -0.25) is 0 Å². The minimum Gasteiger partial charge on any atom is -0.371 e. The number of benzene rings is 1. The van der Waals surface area contributed by atoms with Crippen LogP contribution >= 0.6 is 0 Å². The van der Waals surface area contributed by atoms with Crippen molar-refractivity contribution in [2.45, 2.75) is 32.8 Å². The van der Waals surface area contributed by atoms with Crippen LogP contribution in [0.2, 0.25) is 0 Å². The molecule has 0 N–H and O–H groups in total. The zero-order chi connectivity index (χ0) is 11.3. The minimum atomic E-state index is -0.385. The third-order valence-electron chi connectivity index (χ3n) is 2.46. The highest BCUT2D eigenvalue weighted by Crippen LogP contribution is 2.31. The Morgan fingerprint density at radius 1 is 1.27 bits per heavy atom. The van der Waals surface area contributed by atoms with E-state index in [1.807, 2.05) is 25.1 Å². The lowest BCUT2D eigenvalue weighted by atomic mass is 9.87. The van der Waals surface area contributed by atoms with E-state index in [1.165, 1.54) is 5.56 Å². The highest BCUT2D eigenvalue weighted by atomic mass is 16.5. The van der Waals surface area contributed by atoms with Crippen LogP contribution in [0, 0.1) is 12.8 Å². The van der Waals surface area contributed by atoms with Gasteiger partial charge in [0.25, 0.3) is 0 Å². The monoisotopic (exact) mass is 205 g/mol. The van der Waals surface area contributed by atoms with Crippen LogP contribution in [0.25, 0.3) is 0 Å².